The van der Waals surface area contributed by atoms with Crippen LogP contribution in [0, 0.1) is 5.41 Å². The summed E-state index contributed by atoms with van der Waals surface area (Å²) in [5.41, 5.74) is 1.89. The molecule has 1 aliphatic heterocycles. The molecular formula is C22H27ClN6O2. The molecule has 1 aromatic carbocycles. The molecule has 1 atom stereocenters. The number of nitrogens with zero attached hydrogens (tertiary/aromatic N) is 3. The highest BCUT2D eigenvalue weighted by Crippen LogP contribution is 2.33. The number of carbonyl (C=O) groups excluding carboxylic acids is 1. The Morgan fingerprint density at radius 3 is 2.94 bits per heavy atom. The summed E-state index contributed by atoms with van der Waals surface area (Å²) in [6, 6.07) is 5.02. The van der Waals surface area contributed by atoms with Gasteiger partial charge in [-0.1, -0.05) is 11.6 Å². The largest absolute Gasteiger partial charge is 0.372 e. The third-order valence-electron chi connectivity index (χ3n) is 5.58. The summed E-state index contributed by atoms with van der Waals surface area (Å²) in [5, 5.41) is 13.7. The van der Waals surface area contributed by atoms with Gasteiger partial charge in [0.05, 0.1) is 41.7 Å². The first-order valence-corrected chi connectivity index (χ1v) is 10.5. The number of nitrogens with one attached hydrogen (secondary N) is 3. The molecule has 1 aliphatic rings. The van der Waals surface area contributed by atoms with Gasteiger partial charge in [0, 0.05) is 42.6 Å². The van der Waals surface area contributed by atoms with Crippen LogP contribution in [0.25, 0.3) is 21.8 Å². The predicted molar refractivity (Wildman–Crippen MR) is 124 cm³/mol. The number of amidine groups is 1. The Bertz CT molecular complexity index is 1160. The minimum atomic E-state index is -0.520. The maximum Gasteiger partial charge on any atom is 0.244 e. The Kier molecular flexibility index (Phi) is 5.63. The minimum Gasteiger partial charge on any atom is -0.372 e. The number of H-pyrrole nitrogens is 1. The van der Waals surface area contributed by atoms with Crippen LogP contribution in [-0.4, -0.2) is 76.9 Å². The van der Waals surface area contributed by atoms with Gasteiger partial charge >= 0.3 is 0 Å². The number of hydrogen-bond acceptors (Lipinski definition) is 5. The number of rotatable bonds is 4. The molecular weight excluding hydrogens is 416 g/mol. The van der Waals surface area contributed by atoms with Gasteiger partial charge in [-0.25, -0.2) is 0 Å². The average molecular weight is 443 g/mol. The minimum absolute atomic E-state index is 0.192. The third kappa shape index (κ3) is 4.37. The van der Waals surface area contributed by atoms with E-state index in [1.165, 1.54) is 0 Å². The number of hydrogen-bond donors (Lipinski definition) is 3. The first kappa shape index (κ1) is 21.5. The van der Waals surface area contributed by atoms with Gasteiger partial charge in [0.2, 0.25) is 5.91 Å². The van der Waals surface area contributed by atoms with Gasteiger partial charge in [0.15, 0.2) is 0 Å². The number of benzene rings is 1. The number of amides is 1. The van der Waals surface area contributed by atoms with E-state index in [1.54, 1.807) is 23.4 Å². The number of aromatic nitrogens is 2. The summed E-state index contributed by atoms with van der Waals surface area (Å²) in [5.74, 6) is 0.242. The fraction of sp³-hybridized carbons (Fsp3) is 0.409. The van der Waals surface area contributed by atoms with E-state index in [2.05, 4.69) is 15.3 Å². The molecule has 0 radical (unpaired) electrons. The van der Waals surface area contributed by atoms with Crippen LogP contribution in [-0.2, 0) is 9.53 Å². The average Bonchev–Trinajstić information content (AvgIpc) is 3.06. The van der Waals surface area contributed by atoms with Gasteiger partial charge in [0.1, 0.15) is 11.9 Å². The lowest BCUT2D eigenvalue weighted by atomic mass is 10.0. The van der Waals surface area contributed by atoms with Gasteiger partial charge in [-0.05, 0) is 32.0 Å². The van der Waals surface area contributed by atoms with Crippen molar-refractivity contribution >= 4 is 50.8 Å². The maximum absolute atomic E-state index is 13.3. The highest BCUT2D eigenvalue weighted by atomic mass is 35.5. The van der Waals surface area contributed by atoms with E-state index in [1.807, 2.05) is 45.0 Å². The van der Waals surface area contributed by atoms with Crippen molar-refractivity contribution in [2.45, 2.75) is 25.5 Å². The molecule has 9 heteroatoms. The number of likely N-dealkylation sites (N-methyl/N-ethyl adjacent to an activating group) is 1. The number of morpholine rings is 1. The van der Waals surface area contributed by atoms with Crippen LogP contribution in [0.1, 0.15) is 13.8 Å². The maximum atomic E-state index is 13.3. The van der Waals surface area contributed by atoms with Crippen LogP contribution in [0.3, 0.4) is 0 Å². The van der Waals surface area contributed by atoms with E-state index in [0.29, 0.717) is 29.6 Å². The first-order valence-electron chi connectivity index (χ1n) is 10.1. The zero-order valence-electron chi connectivity index (χ0n) is 18.1. The molecule has 3 aromatic rings. The SMILES string of the molecule is CN(C)C(=N)CN1CC(C)(C)OC[C@H]1C(=O)Nc1cc(Cl)cc2c1[nH]c1cnccc12. The van der Waals surface area contributed by atoms with Crippen LogP contribution < -0.4 is 5.32 Å². The van der Waals surface area contributed by atoms with Gasteiger partial charge in [-0.3, -0.25) is 20.1 Å². The summed E-state index contributed by atoms with van der Waals surface area (Å²) in [6.07, 6.45) is 3.48. The number of aromatic amines is 1. The van der Waals surface area contributed by atoms with Crippen molar-refractivity contribution in [1.29, 1.82) is 5.41 Å². The Morgan fingerprint density at radius 2 is 2.19 bits per heavy atom. The van der Waals surface area contributed by atoms with E-state index in [4.69, 9.17) is 21.7 Å². The number of carbonyl (C=O) groups is 1. The van der Waals surface area contributed by atoms with Gasteiger partial charge < -0.3 is 19.9 Å². The molecule has 0 saturated carbocycles. The van der Waals surface area contributed by atoms with Crippen LogP contribution in [0.15, 0.2) is 30.6 Å². The van der Waals surface area contributed by atoms with Gasteiger partial charge in [-0.15, -0.1) is 0 Å². The van der Waals surface area contributed by atoms with E-state index in [0.717, 1.165) is 21.8 Å². The van der Waals surface area contributed by atoms with Crippen molar-refractivity contribution < 1.29 is 9.53 Å². The summed E-state index contributed by atoms with van der Waals surface area (Å²) in [4.78, 5) is 24.6. The lowest BCUT2D eigenvalue weighted by molar-refractivity contribution is -0.141. The molecule has 4 rings (SSSR count). The second-order valence-corrected chi connectivity index (χ2v) is 9.18. The molecule has 164 valence electrons. The van der Waals surface area contributed by atoms with E-state index in [9.17, 15) is 4.79 Å². The Morgan fingerprint density at radius 1 is 1.42 bits per heavy atom. The lowest BCUT2D eigenvalue weighted by Crippen LogP contribution is -2.59. The summed E-state index contributed by atoms with van der Waals surface area (Å²) >= 11 is 6.37. The van der Waals surface area contributed by atoms with Crippen molar-refractivity contribution in [3.63, 3.8) is 0 Å². The van der Waals surface area contributed by atoms with E-state index >= 15 is 0 Å². The number of fused-ring (bicyclic) bond motifs is 3. The Hall–Kier alpha value is -2.68. The monoisotopic (exact) mass is 442 g/mol. The molecule has 3 heterocycles. The zero-order valence-corrected chi connectivity index (χ0v) is 18.9. The Labute approximate surface area is 186 Å². The molecule has 3 N–H and O–H groups in total. The van der Waals surface area contributed by atoms with Crippen molar-refractivity contribution in [1.82, 2.24) is 19.8 Å². The molecule has 2 aromatic heterocycles. The van der Waals surface area contributed by atoms with Crippen molar-refractivity contribution in [2.75, 3.05) is 39.1 Å². The zero-order chi connectivity index (χ0) is 22.3. The highest BCUT2D eigenvalue weighted by molar-refractivity contribution is 6.33. The fourth-order valence-corrected chi connectivity index (χ4v) is 4.15. The van der Waals surface area contributed by atoms with Crippen LogP contribution in [0.2, 0.25) is 5.02 Å². The molecule has 31 heavy (non-hydrogen) atoms. The third-order valence-corrected chi connectivity index (χ3v) is 5.80. The molecule has 1 amide bonds. The normalized spacial score (nSPS) is 18.9. The second kappa shape index (κ2) is 8.11. The Balaban J connectivity index is 1.64. The highest BCUT2D eigenvalue weighted by Gasteiger charge is 2.38. The molecule has 1 fully saturated rings. The van der Waals surface area contributed by atoms with Crippen molar-refractivity contribution in [3.8, 4) is 0 Å². The van der Waals surface area contributed by atoms with E-state index in [-0.39, 0.29) is 12.5 Å². The molecule has 0 spiro atoms. The molecule has 0 bridgehead atoms. The quantitative estimate of drug-likeness (QED) is 0.425. The summed E-state index contributed by atoms with van der Waals surface area (Å²) in [6.45, 7) is 5.14. The molecule has 8 nitrogen and oxygen atoms in total. The standard InChI is InChI=1S/C22H27ClN6O2/c1-22(2)12-29(10-19(24)28(3)4)18(11-31-22)21(30)27-16-8-13(23)7-15-14-5-6-25-9-17(14)26-20(15)16/h5-9,18,24,26H,10-12H2,1-4H3,(H,27,30)/t18-/m0/s1. The predicted octanol–water partition coefficient (Wildman–Crippen LogP) is 3.33. The number of pyridine rings is 1. The molecule has 0 aliphatic carbocycles. The number of halogens is 1. The van der Waals surface area contributed by atoms with Gasteiger partial charge in [-0.2, -0.15) is 0 Å². The van der Waals surface area contributed by atoms with Gasteiger partial charge in [0.25, 0.3) is 0 Å². The smallest absolute Gasteiger partial charge is 0.244 e. The van der Waals surface area contributed by atoms with Crippen molar-refractivity contribution in [2.24, 2.45) is 0 Å². The lowest BCUT2D eigenvalue weighted by Gasteiger charge is -2.43. The van der Waals surface area contributed by atoms with Crippen LogP contribution in [0.5, 0.6) is 0 Å². The van der Waals surface area contributed by atoms with Crippen molar-refractivity contribution in [3.05, 3.63) is 35.6 Å². The van der Waals surface area contributed by atoms with Crippen LogP contribution in [0.4, 0.5) is 5.69 Å². The molecule has 1 saturated heterocycles. The number of anilines is 1. The number of ether oxygens (including phenoxy) is 1. The second-order valence-electron chi connectivity index (χ2n) is 8.74. The fourth-order valence-electron chi connectivity index (χ4n) is 3.93. The topological polar surface area (TPSA) is 97.3 Å². The first-order chi connectivity index (χ1) is 14.6. The van der Waals surface area contributed by atoms with E-state index < -0.39 is 11.6 Å². The van der Waals surface area contributed by atoms with Crippen LogP contribution >= 0.6 is 11.6 Å². The summed E-state index contributed by atoms with van der Waals surface area (Å²) < 4.78 is 5.94. The summed E-state index contributed by atoms with van der Waals surface area (Å²) in [7, 11) is 3.66. The molecule has 0 unspecified atom stereocenters.